The van der Waals surface area contributed by atoms with Crippen molar-refractivity contribution in [2.75, 3.05) is 5.75 Å². The van der Waals surface area contributed by atoms with Crippen LogP contribution in [0.1, 0.15) is 31.7 Å². The van der Waals surface area contributed by atoms with Crippen LogP contribution in [-0.2, 0) is 9.53 Å². The van der Waals surface area contributed by atoms with Gasteiger partial charge in [0.05, 0.1) is 0 Å². The first-order chi connectivity index (χ1) is 10.2. The highest BCUT2D eigenvalue weighted by atomic mass is 79.9. The van der Waals surface area contributed by atoms with E-state index in [9.17, 15) is 14.7 Å². The van der Waals surface area contributed by atoms with E-state index in [-0.39, 0.29) is 5.37 Å². The number of carbonyl (C=O) groups excluding carboxylic acids is 1. The number of aliphatic carboxylic acids is 1. The zero-order valence-corrected chi connectivity index (χ0v) is 15.0. The van der Waals surface area contributed by atoms with Crippen molar-refractivity contribution < 1.29 is 19.4 Å². The lowest BCUT2D eigenvalue weighted by molar-refractivity contribution is -0.142. The minimum absolute atomic E-state index is 0.339. The maximum atomic E-state index is 12.5. The molecule has 2 atom stereocenters. The molecule has 0 radical (unpaired) electrons. The molecule has 1 N–H and O–H groups in total. The maximum Gasteiger partial charge on any atom is 0.412 e. The van der Waals surface area contributed by atoms with Gasteiger partial charge in [0.25, 0.3) is 0 Å². The summed E-state index contributed by atoms with van der Waals surface area (Å²) in [6, 6.07) is 6.63. The third-order valence-electron chi connectivity index (χ3n) is 3.02. The number of hydrogen-bond donors (Lipinski definition) is 1. The van der Waals surface area contributed by atoms with Gasteiger partial charge in [0, 0.05) is 10.2 Å². The Labute approximate surface area is 142 Å². The van der Waals surface area contributed by atoms with Crippen molar-refractivity contribution in [3.05, 3.63) is 34.3 Å². The van der Waals surface area contributed by atoms with Gasteiger partial charge < -0.3 is 9.84 Å². The SMILES string of the molecule is CC(C)(C)OC(=O)N1[C@H](C(=O)O)CS[C@H]1c1cccc(Br)c1. The monoisotopic (exact) mass is 387 g/mol. The molecule has 0 bridgehead atoms. The van der Waals surface area contributed by atoms with Crippen LogP contribution >= 0.6 is 27.7 Å². The average Bonchev–Trinajstić information content (AvgIpc) is 2.81. The lowest BCUT2D eigenvalue weighted by Gasteiger charge is -2.30. The number of benzene rings is 1. The van der Waals surface area contributed by atoms with Crippen molar-refractivity contribution in [1.29, 1.82) is 0 Å². The topological polar surface area (TPSA) is 66.8 Å². The second-order valence-corrected chi connectivity index (χ2v) is 8.01. The molecule has 0 spiro atoms. The standard InChI is InChI=1S/C15H18BrNO4S/c1-15(2,3)21-14(20)17-11(13(18)19)8-22-12(17)9-5-4-6-10(16)7-9/h4-7,11-12H,8H2,1-3H3,(H,18,19)/t11-,12-/m0/s1. The Hall–Kier alpha value is -1.21. The Balaban J connectivity index is 2.32. The van der Waals surface area contributed by atoms with Gasteiger partial charge in [0.15, 0.2) is 0 Å². The van der Waals surface area contributed by atoms with Crippen molar-refractivity contribution >= 4 is 39.8 Å². The summed E-state index contributed by atoms with van der Waals surface area (Å²) >= 11 is 4.83. The van der Waals surface area contributed by atoms with Gasteiger partial charge in [-0.3, -0.25) is 4.90 Å². The molecule has 0 saturated carbocycles. The Morgan fingerprint density at radius 1 is 1.41 bits per heavy atom. The van der Waals surface area contributed by atoms with Crippen LogP contribution in [0.25, 0.3) is 0 Å². The van der Waals surface area contributed by atoms with E-state index in [1.807, 2.05) is 24.3 Å². The first kappa shape index (κ1) is 17.1. The predicted molar refractivity (Wildman–Crippen MR) is 88.8 cm³/mol. The second kappa shape index (κ2) is 6.50. The minimum atomic E-state index is -1.02. The fraction of sp³-hybridized carbons (Fsp3) is 0.467. The highest BCUT2D eigenvalue weighted by molar-refractivity contribution is 9.10. The van der Waals surface area contributed by atoms with E-state index in [4.69, 9.17) is 4.74 Å². The third-order valence-corrected chi connectivity index (χ3v) is 4.84. The lowest BCUT2D eigenvalue weighted by atomic mass is 10.2. The molecule has 120 valence electrons. The van der Waals surface area contributed by atoms with E-state index in [1.165, 1.54) is 16.7 Å². The molecule has 0 aromatic heterocycles. The molecule has 1 amide bonds. The number of ether oxygens (including phenoxy) is 1. The van der Waals surface area contributed by atoms with Crippen LogP contribution in [0.3, 0.4) is 0 Å². The van der Waals surface area contributed by atoms with Gasteiger partial charge in [0.1, 0.15) is 17.0 Å². The van der Waals surface area contributed by atoms with Crippen molar-refractivity contribution in [2.24, 2.45) is 0 Å². The zero-order chi connectivity index (χ0) is 16.5. The van der Waals surface area contributed by atoms with Crippen molar-refractivity contribution in [3.63, 3.8) is 0 Å². The predicted octanol–water partition coefficient (Wildman–Crippen LogP) is 3.88. The summed E-state index contributed by atoms with van der Waals surface area (Å²) in [6.45, 7) is 5.29. The van der Waals surface area contributed by atoms with Crippen molar-refractivity contribution in [3.8, 4) is 0 Å². The molecule has 1 heterocycles. The lowest BCUT2D eigenvalue weighted by Crippen LogP contribution is -2.45. The number of carbonyl (C=O) groups is 2. The fourth-order valence-corrected chi connectivity index (χ4v) is 3.97. The molecule has 1 aromatic rings. The number of halogens is 1. The number of nitrogens with zero attached hydrogens (tertiary/aromatic N) is 1. The Morgan fingerprint density at radius 2 is 2.09 bits per heavy atom. The Morgan fingerprint density at radius 3 is 2.64 bits per heavy atom. The third kappa shape index (κ3) is 3.95. The molecule has 22 heavy (non-hydrogen) atoms. The van der Waals surface area contributed by atoms with Gasteiger partial charge >= 0.3 is 12.1 Å². The average molecular weight is 388 g/mol. The number of hydrogen-bond acceptors (Lipinski definition) is 4. The normalized spacial score (nSPS) is 21.7. The molecule has 0 unspecified atom stereocenters. The number of rotatable bonds is 2. The molecular weight excluding hydrogens is 370 g/mol. The first-order valence-corrected chi connectivity index (χ1v) is 8.64. The van der Waals surface area contributed by atoms with Crippen LogP contribution < -0.4 is 0 Å². The van der Waals surface area contributed by atoms with Gasteiger partial charge in [-0.15, -0.1) is 11.8 Å². The molecule has 2 rings (SSSR count). The summed E-state index contributed by atoms with van der Waals surface area (Å²) < 4.78 is 6.27. The van der Waals surface area contributed by atoms with Gasteiger partial charge in [0.2, 0.25) is 0 Å². The van der Waals surface area contributed by atoms with E-state index in [0.717, 1.165) is 10.0 Å². The van der Waals surface area contributed by atoms with E-state index in [2.05, 4.69) is 15.9 Å². The van der Waals surface area contributed by atoms with E-state index in [0.29, 0.717) is 5.75 Å². The number of carboxylic acids is 1. The molecule has 1 aliphatic heterocycles. The maximum absolute atomic E-state index is 12.5. The quantitative estimate of drug-likeness (QED) is 0.833. The van der Waals surface area contributed by atoms with Crippen LogP contribution in [0.5, 0.6) is 0 Å². The zero-order valence-electron chi connectivity index (χ0n) is 12.6. The largest absolute Gasteiger partial charge is 0.480 e. The Bertz CT molecular complexity index is 587. The fourth-order valence-electron chi connectivity index (χ4n) is 2.15. The second-order valence-electron chi connectivity index (χ2n) is 5.98. The Kier molecular flexibility index (Phi) is 5.07. The van der Waals surface area contributed by atoms with Crippen LogP contribution in [-0.4, -0.2) is 39.5 Å². The smallest absolute Gasteiger partial charge is 0.412 e. The van der Waals surface area contributed by atoms with Gasteiger partial charge in [-0.05, 0) is 38.5 Å². The molecule has 0 aliphatic carbocycles. The summed E-state index contributed by atoms with van der Waals surface area (Å²) in [5.41, 5.74) is 0.198. The van der Waals surface area contributed by atoms with E-state index >= 15 is 0 Å². The number of amides is 1. The first-order valence-electron chi connectivity index (χ1n) is 6.80. The summed E-state index contributed by atoms with van der Waals surface area (Å²) in [4.78, 5) is 25.2. The highest BCUT2D eigenvalue weighted by Gasteiger charge is 2.44. The summed E-state index contributed by atoms with van der Waals surface area (Å²) in [5, 5.41) is 9.01. The van der Waals surface area contributed by atoms with Gasteiger partial charge in [-0.1, -0.05) is 28.1 Å². The molecule has 1 aromatic carbocycles. The number of thioether (sulfide) groups is 1. The molecular formula is C15H18BrNO4S. The highest BCUT2D eigenvalue weighted by Crippen LogP contribution is 2.42. The van der Waals surface area contributed by atoms with Crippen molar-refractivity contribution in [2.45, 2.75) is 37.8 Å². The molecule has 5 nitrogen and oxygen atoms in total. The summed E-state index contributed by atoms with van der Waals surface area (Å²) in [7, 11) is 0. The van der Waals surface area contributed by atoms with E-state index in [1.54, 1.807) is 20.8 Å². The minimum Gasteiger partial charge on any atom is -0.480 e. The molecule has 1 fully saturated rings. The molecule has 1 saturated heterocycles. The van der Waals surface area contributed by atoms with Crippen LogP contribution in [0.2, 0.25) is 0 Å². The van der Waals surface area contributed by atoms with Gasteiger partial charge in [-0.2, -0.15) is 0 Å². The summed E-state index contributed by atoms with van der Waals surface area (Å²) in [5.74, 6) is -0.679. The van der Waals surface area contributed by atoms with Gasteiger partial charge in [-0.25, -0.2) is 9.59 Å². The van der Waals surface area contributed by atoms with Crippen molar-refractivity contribution in [1.82, 2.24) is 4.90 Å². The van der Waals surface area contributed by atoms with Crippen LogP contribution in [0.4, 0.5) is 4.79 Å². The summed E-state index contributed by atoms with van der Waals surface area (Å²) in [6.07, 6.45) is -0.602. The van der Waals surface area contributed by atoms with E-state index < -0.39 is 23.7 Å². The molecule has 7 heteroatoms. The van der Waals surface area contributed by atoms with Crippen LogP contribution in [0, 0.1) is 0 Å². The number of carboxylic acid groups (broad SMARTS) is 1. The molecule has 1 aliphatic rings. The van der Waals surface area contributed by atoms with Crippen LogP contribution in [0.15, 0.2) is 28.7 Å².